The maximum absolute atomic E-state index is 13.0. The van der Waals surface area contributed by atoms with Gasteiger partial charge in [-0.15, -0.1) is 9.60 Å². The van der Waals surface area contributed by atoms with Gasteiger partial charge in [0.05, 0.1) is 0 Å². The molecule has 23 heavy (non-hydrogen) atoms. The van der Waals surface area contributed by atoms with Crippen molar-refractivity contribution in [2.24, 2.45) is 0 Å². The smallest absolute Gasteiger partial charge is 0.251 e. The Labute approximate surface area is 134 Å². The van der Waals surface area contributed by atoms with Gasteiger partial charge in [-0.2, -0.15) is 0 Å². The van der Waals surface area contributed by atoms with Gasteiger partial charge in [0.15, 0.2) is 0 Å². The molecule has 1 fully saturated rings. The van der Waals surface area contributed by atoms with E-state index in [1.165, 1.54) is 0 Å². The molecule has 0 spiro atoms. The maximum atomic E-state index is 13.0. The standard InChI is InChI=1S/C18H19FN2O2/c19-21-11-9-15(10-12-21)20-18(22)14-5-4-8-17(13-14)23-16-6-2-1-3-7-16/h1-8,13,15H,9-12H2,(H,20,22). The largest absolute Gasteiger partial charge is 0.457 e. The van der Waals surface area contributed by atoms with Crippen LogP contribution in [-0.4, -0.2) is 30.2 Å². The molecule has 0 unspecified atom stereocenters. The van der Waals surface area contributed by atoms with Crippen molar-refractivity contribution in [2.75, 3.05) is 13.1 Å². The lowest BCUT2D eigenvalue weighted by Crippen LogP contribution is -2.42. The van der Waals surface area contributed by atoms with Gasteiger partial charge in [0.1, 0.15) is 11.5 Å². The molecule has 0 bridgehead atoms. The zero-order valence-electron chi connectivity index (χ0n) is 12.7. The third-order valence-electron chi connectivity index (χ3n) is 3.85. The molecule has 1 N–H and O–H groups in total. The normalized spacial score (nSPS) is 16.0. The van der Waals surface area contributed by atoms with Crippen molar-refractivity contribution in [3.05, 3.63) is 60.2 Å². The number of carbonyl (C=O) groups excluding carboxylic acids is 1. The maximum Gasteiger partial charge on any atom is 0.251 e. The van der Waals surface area contributed by atoms with Gasteiger partial charge in [0, 0.05) is 24.7 Å². The van der Waals surface area contributed by atoms with Crippen LogP contribution in [0.5, 0.6) is 11.5 Å². The number of hydrogen-bond donors (Lipinski definition) is 1. The molecule has 120 valence electrons. The highest BCUT2D eigenvalue weighted by Crippen LogP contribution is 2.22. The van der Waals surface area contributed by atoms with Crippen molar-refractivity contribution in [1.82, 2.24) is 10.4 Å². The summed E-state index contributed by atoms with van der Waals surface area (Å²) in [4.78, 5) is 12.3. The van der Waals surface area contributed by atoms with Crippen molar-refractivity contribution in [2.45, 2.75) is 18.9 Å². The molecule has 4 nitrogen and oxygen atoms in total. The predicted octanol–water partition coefficient (Wildman–Crippen LogP) is 3.56. The summed E-state index contributed by atoms with van der Waals surface area (Å²) in [6, 6.07) is 16.5. The quantitative estimate of drug-likeness (QED) is 0.877. The molecule has 0 aromatic heterocycles. The number of carbonyl (C=O) groups is 1. The van der Waals surface area contributed by atoms with Crippen LogP contribution in [0.15, 0.2) is 54.6 Å². The number of nitrogens with zero attached hydrogens (tertiary/aromatic N) is 1. The number of amides is 1. The Balaban J connectivity index is 1.63. The molecule has 1 heterocycles. The summed E-state index contributed by atoms with van der Waals surface area (Å²) in [6.07, 6.45) is 1.25. The molecule has 1 amide bonds. The molecule has 5 heteroatoms. The molecule has 0 radical (unpaired) electrons. The fourth-order valence-corrected chi connectivity index (χ4v) is 2.59. The first-order valence-corrected chi connectivity index (χ1v) is 7.75. The summed E-state index contributed by atoms with van der Waals surface area (Å²) >= 11 is 0. The van der Waals surface area contributed by atoms with Gasteiger partial charge in [-0.3, -0.25) is 4.79 Å². The van der Waals surface area contributed by atoms with E-state index < -0.39 is 0 Å². The molecule has 0 aliphatic carbocycles. The van der Waals surface area contributed by atoms with Gasteiger partial charge in [-0.05, 0) is 43.2 Å². The van der Waals surface area contributed by atoms with Gasteiger partial charge in [0.2, 0.25) is 0 Å². The minimum Gasteiger partial charge on any atom is -0.457 e. The van der Waals surface area contributed by atoms with E-state index in [2.05, 4.69) is 5.32 Å². The van der Waals surface area contributed by atoms with Crippen molar-refractivity contribution in [3.8, 4) is 11.5 Å². The highest BCUT2D eigenvalue weighted by Gasteiger charge is 2.21. The second-order valence-electron chi connectivity index (χ2n) is 5.60. The fraction of sp³-hybridized carbons (Fsp3) is 0.278. The summed E-state index contributed by atoms with van der Waals surface area (Å²) in [5.74, 6) is 1.18. The van der Waals surface area contributed by atoms with Crippen LogP contribution in [0, 0.1) is 0 Å². The third kappa shape index (κ3) is 4.29. The van der Waals surface area contributed by atoms with Crippen LogP contribution in [0.4, 0.5) is 4.48 Å². The summed E-state index contributed by atoms with van der Waals surface area (Å²) in [6.45, 7) is 0.726. The summed E-state index contributed by atoms with van der Waals surface area (Å²) in [5, 5.41) is 3.75. The van der Waals surface area contributed by atoms with Crippen molar-refractivity contribution < 1.29 is 14.0 Å². The Morgan fingerprint density at radius 2 is 1.74 bits per heavy atom. The van der Waals surface area contributed by atoms with Crippen LogP contribution in [0.3, 0.4) is 0 Å². The molecule has 1 aliphatic rings. The van der Waals surface area contributed by atoms with Gasteiger partial charge in [-0.1, -0.05) is 24.3 Å². The lowest BCUT2D eigenvalue weighted by atomic mass is 10.1. The first-order valence-electron chi connectivity index (χ1n) is 7.75. The second kappa shape index (κ2) is 7.24. The Kier molecular flexibility index (Phi) is 4.88. The number of ether oxygens (including phenoxy) is 1. The topological polar surface area (TPSA) is 41.6 Å². The summed E-state index contributed by atoms with van der Waals surface area (Å²) < 4.78 is 18.7. The van der Waals surface area contributed by atoms with E-state index >= 15 is 0 Å². The van der Waals surface area contributed by atoms with Gasteiger partial charge >= 0.3 is 0 Å². The Morgan fingerprint density at radius 1 is 1.04 bits per heavy atom. The van der Waals surface area contributed by atoms with Gasteiger partial charge < -0.3 is 10.1 Å². The molecule has 2 aromatic carbocycles. The van der Waals surface area contributed by atoms with E-state index in [4.69, 9.17) is 4.74 Å². The van der Waals surface area contributed by atoms with Crippen molar-refractivity contribution >= 4 is 5.91 Å². The molecule has 1 aliphatic heterocycles. The number of para-hydroxylation sites is 1. The zero-order valence-corrected chi connectivity index (χ0v) is 12.7. The van der Waals surface area contributed by atoms with Crippen LogP contribution in [0.25, 0.3) is 0 Å². The number of hydrogen-bond acceptors (Lipinski definition) is 3. The minimum absolute atomic E-state index is 0.0215. The highest BCUT2D eigenvalue weighted by atomic mass is 19.2. The van der Waals surface area contributed by atoms with Crippen LogP contribution in [0.1, 0.15) is 23.2 Å². The molecule has 3 rings (SSSR count). The molecular weight excluding hydrogens is 295 g/mol. The first kappa shape index (κ1) is 15.5. The summed E-state index contributed by atoms with van der Waals surface area (Å²) in [7, 11) is 0. The molecular formula is C18H19FN2O2. The van der Waals surface area contributed by atoms with E-state index in [1.807, 2.05) is 36.4 Å². The lowest BCUT2D eigenvalue weighted by molar-refractivity contribution is -0.00194. The van der Waals surface area contributed by atoms with Crippen LogP contribution in [0.2, 0.25) is 0 Å². The number of rotatable bonds is 4. The lowest BCUT2D eigenvalue weighted by Gasteiger charge is -2.26. The molecule has 1 saturated heterocycles. The summed E-state index contributed by atoms with van der Waals surface area (Å²) in [5.41, 5.74) is 0.543. The monoisotopic (exact) mass is 314 g/mol. The number of nitrogens with one attached hydrogen (secondary N) is 1. The van der Waals surface area contributed by atoms with Crippen molar-refractivity contribution in [3.63, 3.8) is 0 Å². The van der Waals surface area contributed by atoms with E-state index in [-0.39, 0.29) is 11.9 Å². The average molecular weight is 314 g/mol. The number of halogens is 1. The van der Waals surface area contributed by atoms with Crippen LogP contribution >= 0.6 is 0 Å². The first-order chi connectivity index (χ1) is 11.2. The molecule has 2 aromatic rings. The highest BCUT2D eigenvalue weighted by molar-refractivity contribution is 5.94. The Bertz CT molecular complexity index is 655. The molecule has 0 atom stereocenters. The van der Waals surface area contributed by atoms with Gasteiger partial charge in [-0.25, -0.2) is 0 Å². The van der Waals surface area contributed by atoms with Crippen LogP contribution < -0.4 is 10.1 Å². The zero-order chi connectivity index (χ0) is 16.1. The van der Waals surface area contributed by atoms with E-state index in [9.17, 15) is 9.28 Å². The fourth-order valence-electron chi connectivity index (χ4n) is 2.59. The van der Waals surface area contributed by atoms with Gasteiger partial charge in [0.25, 0.3) is 5.91 Å². The SMILES string of the molecule is O=C(NC1CCN(F)CC1)c1cccc(Oc2ccccc2)c1. The van der Waals surface area contributed by atoms with E-state index in [0.717, 1.165) is 10.9 Å². The molecule has 0 saturated carbocycles. The third-order valence-corrected chi connectivity index (χ3v) is 3.85. The second-order valence-corrected chi connectivity index (χ2v) is 5.60. The Hall–Kier alpha value is -2.40. The Morgan fingerprint density at radius 3 is 2.48 bits per heavy atom. The van der Waals surface area contributed by atoms with E-state index in [1.54, 1.807) is 18.2 Å². The number of piperidine rings is 1. The minimum atomic E-state index is -0.152. The predicted molar refractivity (Wildman–Crippen MR) is 86.1 cm³/mol. The van der Waals surface area contributed by atoms with E-state index in [0.29, 0.717) is 37.2 Å². The van der Waals surface area contributed by atoms with Crippen LogP contribution in [-0.2, 0) is 0 Å². The van der Waals surface area contributed by atoms with Crippen molar-refractivity contribution in [1.29, 1.82) is 0 Å². The number of benzene rings is 2. The average Bonchev–Trinajstić information content (AvgIpc) is 2.58.